The third-order valence-corrected chi connectivity index (χ3v) is 4.11. The van der Waals surface area contributed by atoms with Gasteiger partial charge in [0.1, 0.15) is 0 Å². The lowest BCUT2D eigenvalue weighted by Gasteiger charge is -2.08. The molecule has 0 saturated heterocycles. The highest BCUT2D eigenvalue weighted by atomic mass is 32.2. The standard InChI is InChI=1S/C15H18N4O3S/c1-11-10-14(19(21)22)17-18(11)9-5-8-15(20)16-12-6-3-4-7-13(12)23-2/h3-4,6-7,10H,5,8-9H2,1-2H3,(H,16,20). The van der Waals surface area contributed by atoms with Gasteiger partial charge in [0.25, 0.3) is 0 Å². The quantitative estimate of drug-likeness (QED) is 0.477. The lowest BCUT2D eigenvalue weighted by atomic mass is 10.2. The minimum absolute atomic E-state index is 0.0780. The van der Waals surface area contributed by atoms with Crippen LogP contribution in [0.2, 0.25) is 0 Å². The third-order valence-electron chi connectivity index (χ3n) is 3.31. The number of nitro groups is 1. The number of amides is 1. The third kappa shape index (κ3) is 4.56. The molecule has 0 atom stereocenters. The van der Waals surface area contributed by atoms with Crippen LogP contribution in [0.4, 0.5) is 11.5 Å². The molecule has 2 rings (SSSR count). The normalized spacial score (nSPS) is 10.5. The van der Waals surface area contributed by atoms with Crippen LogP contribution in [0.15, 0.2) is 35.2 Å². The summed E-state index contributed by atoms with van der Waals surface area (Å²) in [5.41, 5.74) is 1.51. The van der Waals surface area contributed by atoms with E-state index in [1.807, 2.05) is 30.5 Å². The molecule has 1 aromatic heterocycles. The molecule has 1 N–H and O–H groups in total. The molecule has 23 heavy (non-hydrogen) atoms. The number of carbonyl (C=O) groups excluding carboxylic acids is 1. The van der Waals surface area contributed by atoms with E-state index in [9.17, 15) is 14.9 Å². The first-order chi connectivity index (χ1) is 11.0. The summed E-state index contributed by atoms with van der Waals surface area (Å²) < 4.78 is 1.56. The molecule has 0 aliphatic rings. The Morgan fingerprint density at radius 3 is 2.83 bits per heavy atom. The molecular weight excluding hydrogens is 316 g/mol. The van der Waals surface area contributed by atoms with Gasteiger partial charge in [-0.05, 0) is 36.7 Å². The van der Waals surface area contributed by atoms with E-state index in [-0.39, 0.29) is 11.7 Å². The molecule has 1 aromatic carbocycles. The highest BCUT2D eigenvalue weighted by Crippen LogP contribution is 2.24. The number of nitrogens with zero attached hydrogens (tertiary/aromatic N) is 3. The zero-order valence-electron chi connectivity index (χ0n) is 13.0. The van der Waals surface area contributed by atoms with Crippen molar-refractivity contribution in [2.75, 3.05) is 11.6 Å². The number of thioether (sulfide) groups is 1. The van der Waals surface area contributed by atoms with E-state index >= 15 is 0 Å². The number of hydrogen-bond donors (Lipinski definition) is 1. The number of rotatable bonds is 7. The van der Waals surface area contributed by atoms with Gasteiger partial charge in [-0.15, -0.1) is 11.8 Å². The number of para-hydroxylation sites is 1. The summed E-state index contributed by atoms with van der Waals surface area (Å²) >= 11 is 1.57. The summed E-state index contributed by atoms with van der Waals surface area (Å²) in [5, 5.41) is 17.5. The SMILES string of the molecule is CSc1ccccc1NC(=O)CCCn1nc([N+](=O)[O-])cc1C. The molecule has 0 saturated carbocycles. The fraction of sp³-hybridized carbons (Fsp3) is 0.333. The van der Waals surface area contributed by atoms with Crippen LogP contribution in [0.25, 0.3) is 0 Å². The average Bonchev–Trinajstić information content (AvgIpc) is 2.89. The highest BCUT2D eigenvalue weighted by Gasteiger charge is 2.15. The van der Waals surface area contributed by atoms with Gasteiger partial charge in [0.2, 0.25) is 5.91 Å². The van der Waals surface area contributed by atoms with E-state index in [2.05, 4.69) is 10.4 Å². The fourth-order valence-corrected chi connectivity index (χ4v) is 2.71. The van der Waals surface area contributed by atoms with Gasteiger partial charge in [0.15, 0.2) is 0 Å². The second-order valence-corrected chi connectivity index (χ2v) is 5.82. The monoisotopic (exact) mass is 334 g/mol. The smallest absolute Gasteiger partial charge is 0.358 e. The minimum Gasteiger partial charge on any atom is -0.358 e. The van der Waals surface area contributed by atoms with Crippen LogP contribution in [0.3, 0.4) is 0 Å². The van der Waals surface area contributed by atoms with Crippen molar-refractivity contribution in [2.24, 2.45) is 0 Å². The molecule has 0 spiro atoms. The molecule has 0 unspecified atom stereocenters. The van der Waals surface area contributed by atoms with E-state index in [0.29, 0.717) is 25.1 Å². The van der Waals surface area contributed by atoms with Crippen molar-refractivity contribution in [3.8, 4) is 0 Å². The summed E-state index contributed by atoms with van der Waals surface area (Å²) in [6.07, 6.45) is 2.85. The Morgan fingerprint density at radius 1 is 1.43 bits per heavy atom. The van der Waals surface area contributed by atoms with Gasteiger partial charge in [-0.3, -0.25) is 4.79 Å². The largest absolute Gasteiger partial charge is 0.390 e. The second-order valence-electron chi connectivity index (χ2n) is 4.98. The number of aryl methyl sites for hydroxylation is 2. The molecule has 0 aliphatic heterocycles. The molecule has 0 bridgehead atoms. The van der Waals surface area contributed by atoms with E-state index in [1.165, 1.54) is 6.07 Å². The predicted molar refractivity (Wildman–Crippen MR) is 89.7 cm³/mol. The number of hydrogen-bond acceptors (Lipinski definition) is 5. The van der Waals surface area contributed by atoms with Gasteiger partial charge in [-0.1, -0.05) is 12.1 Å². The Balaban J connectivity index is 1.86. The first kappa shape index (κ1) is 17.0. The maximum absolute atomic E-state index is 12.0. The number of aromatic nitrogens is 2. The van der Waals surface area contributed by atoms with Crippen molar-refractivity contribution in [3.05, 3.63) is 46.1 Å². The second kappa shape index (κ2) is 7.77. The molecule has 7 nitrogen and oxygen atoms in total. The summed E-state index contributed by atoms with van der Waals surface area (Å²) in [7, 11) is 0. The van der Waals surface area contributed by atoms with Gasteiger partial charge in [-0.25, -0.2) is 0 Å². The molecule has 0 aliphatic carbocycles. The first-order valence-corrected chi connectivity index (χ1v) is 8.35. The van der Waals surface area contributed by atoms with Crippen LogP contribution in [0.5, 0.6) is 0 Å². The molecule has 1 amide bonds. The topological polar surface area (TPSA) is 90.1 Å². The van der Waals surface area contributed by atoms with Crippen molar-refractivity contribution in [2.45, 2.75) is 31.2 Å². The number of benzene rings is 1. The van der Waals surface area contributed by atoms with E-state index in [0.717, 1.165) is 10.6 Å². The maximum Gasteiger partial charge on any atom is 0.390 e. The van der Waals surface area contributed by atoms with Gasteiger partial charge < -0.3 is 15.4 Å². The Hall–Kier alpha value is -2.35. The molecule has 0 radical (unpaired) electrons. The molecule has 2 aromatic rings. The van der Waals surface area contributed by atoms with Crippen LogP contribution in [0.1, 0.15) is 18.5 Å². The minimum atomic E-state index is -0.518. The van der Waals surface area contributed by atoms with Crippen LogP contribution in [-0.2, 0) is 11.3 Å². The average molecular weight is 334 g/mol. The summed E-state index contributed by atoms with van der Waals surface area (Å²) in [5.74, 6) is -0.244. The molecule has 8 heteroatoms. The van der Waals surface area contributed by atoms with E-state index in [1.54, 1.807) is 23.4 Å². The maximum atomic E-state index is 12.0. The van der Waals surface area contributed by atoms with Crippen molar-refractivity contribution in [1.29, 1.82) is 0 Å². The van der Waals surface area contributed by atoms with Gasteiger partial charge in [0, 0.05) is 11.3 Å². The Kier molecular flexibility index (Phi) is 5.75. The van der Waals surface area contributed by atoms with Gasteiger partial charge in [0.05, 0.1) is 29.1 Å². The number of nitrogens with one attached hydrogen (secondary N) is 1. The zero-order valence-corrected chi connectivity index (χ0v) is 13.8. The van der Waals surface area contributed by atoms with Crippen molar-refractivity contribution < 1.29 is 9.72 Å². The van der Waals surface area contributed by atoms with Crippen LogP contribution in [-0.4, -0.2) is 26.9 Å². The predicted octanol–water partition coefficient (Wildman–Crippen LogP) is 3.24. The molecular formula is C15H18N4O3S. The summed E-state index contributed by atoms with van der Waals surface area (Å²) in [4.78, 5) is 23.2. The zero-order chi connectivity index (χ0) is 16.8. The Labute approximate surface area is 138 Å². The van der Waals surface area contributed by atoms with Crippen LogP contribution >= 0.6 is 11.8 Å². The first-order valence-electron chi connectivity index (χ1n) is 7.13. The van der Waals surface area contributed by atoms with Crippen molar-refractivity contribution in [3.63, 3.8) is 0 Å². The summed E-state index contributed by atoms with van der Waals surface area (Å²) in [6.45, 7) is 2.23. The number of carbonyl (C=O) groups is 1. The number of anilines is 1. The van der Waals surface area contributed by atoms with Crippen molar-refractivity contribution in [1.82, 2.24) is 9.78 Å². The lowest BCUT2D eigenvalue weighted by molar-refractivity contribution is -0.389. The summed E-state index contributed by atoms with van der Waals surface area (Å²) in [6, 6.07) is 9.04. The molecule has 122 valence electrons. The fourth-order valence-electron chi connectivity index (χ4n) is 2.16. The van der Waals surface area contributed by atoms with Crippen molar-refractivity contribution >= 4 is 29.2 Å². The van der Waals surface area contributed by atoms with Crippen LogP contribution < -0.4 is 5.32 Å². The Bertz CT molecular complexity index is 714. The Morgan fingerprint density at radius 2 is 2.17 bits per heavy atom. The molecule has 1 heterocycles. The highest BCUT2D eigenvalue weighted by molar-refractivity contribution is 7.98. The molecule has 0 fully saturated rings. The lowest BCUT2D eigenvalue weighted by Crippen LogP contribution is -2.13. The van der Waals surface area contributed by atoms with Gasteiger partial charge >= 0.3 is 5.82 Å². The van der Waals surface area contributed by atoms with Crippen LogP contribution in [0, 0.1) is 17.0 Å². The van der Waals surface area contributed by atoms with Gasteiger partial charge in [-0.2, -0.15) is 4.68 Å². The van der Waals surface area contributed by atoms with E-state index in [4.69, 9.17) is 0 Å². The van der Waals surface area contributed by atoms with E-state index < -0.39 is 4.92 Å².